The van der Waals surface area contributed by atoms with Gasteiger partial charge < -0.3 is 14.6 Å². The lowest BCUT2D eigenvalue weighted by Gasteiger charge is -2.27. The molecule has 0 saturated carbocycles. The van der Waals surface area contributed by atoms with Gasteiger partial charge in [0, 0.05) is 16.9 Å². The fourth-order valence-corrected chi connectivity index (χ4v) is 5.31. The van der Waals surface area contributed by atoms with E-state index in [9.17, 15) is 0 Å². The second-order valence-corrected chi connectivity index (χ2v) is 9.47. The average molecular weight is 491 g/mol. The van der Waals surface area contributed by atoms with Crippen LogP contribution < -0.4 is 10.2 Å². The maximum absolute atomic E-state index is 6.28. The van der Waals surface area contributed by atoms with E-state index < -0.39 is 0 Å². The number of nitrogens with one attached hydrogen (secondary N) is 1. The molecule has 0 amide bonds. The Morgan fingerprint density at radius 2 is 1.24 bits per heavy atom. The predicted molar refractivity (Wildman–Crippen MR) is 158 cm³/mol. The molecule has 2 heterocycles. The van der Waals surface area contributed by atoms with Crippen LogP contribution in [0.4, 0.5) is 17.1 Å². The Morgan fingerprint density at radius 1 is 0.579 bits per heavy atom. The number of hydrogen-bond acceptors (Lipinski definition) is 3. The summed E-state index contributed by atoms with van der Waals surface area (Å²) in [4.78, 5) is 2.34. The summed E-state index contributed by atoms with van der Waals surface area (Å²) in [6.45, 7) is 0.690. The quantitative estimate of drug-likeness (QED) is 0.261. The van der Waals surface area contributed by atoms with Crippen LogP contribution in [0.2, 0.25) is 0 Å². The Labute approximate surface area is 222 Å². The van der Waals surface area contributed by atoms with E-state index in [-0.39, 0.29) is 0 Å². The fraction of sp³-hybridized carbons (Fsp3) is 0.0286. The predicted octanol–water partition coefficient (Wildman–Crippen LogP) is 9.31. The van der Waals surface area contributed by atoms with Gasteiger partial charge in [0.15, 0.2) is 0 Å². The van der Waals surface area contributed by atoms with Crippen LogP contribution in [0.1, 0.15) is 11.3 Å². The summed E-state index contributed by atoms with van der Waals surface area (Å²) in [7, 11) is 0. The standard InChI is InChI=1S/C35H26N2O/c1-3-9-25(10-4-1)27-17-19-29(20-18-27)37(30-14-7-13-28(23-30)26-11-5-2-6-12-26)32-15-8-16-33-35(32)31-21-22-36-24-34(31)38-33/h1-23,36H,24H2. The number of furan rings is 1. The number of hydrogen-bond donors (Lipinski definition) is 1. The summed E-state index contributed by atoms with van der Waals surface area (Å²) in [5.41, 5.74) is 10.1. The molecule has 3 nitrogen and oxygen atoms in total. The lowest BCUT2D eigenvalue weighted by atomic mass is 10.0. The first-order valence-corrected chi connectivity index (χ1v) is 12.9. The van der Waals surface area contributed by atoms with Crippen LogP contribution in [-0.2, 0) is 6.54 Å². The molecule has 182 valence electrons. The molecule has 0 radical (unpaired) electrons. The summed E-state index contributed by atoms with van der Waals surface area (Å²) in [6, 6.07) is 44.9. The molecule has 3 heteroatoms. The normalized spacial score (nSPS) is 12.2. The molecule has 0 saturated heterocycles. The molecule has 1 N–H and O–H groups in total. The molecule has 6 aromatic rings. The molecular weight excluding hydrogens is 464 g/mol. The van der Waals surface area contributed by atoms with Crippen molar-refractivity contribution in [2.75, 3.05) is 4.90 Å². The fourth-order valence-electron chi connectivity index (χ4n) is 5.31. The third-order valence-electron chi connectivity index (χ3n) is 7.12. The van der Waals surface area contributed by atoms with Gasteiger partial charge in [0.2, 0.25) is 0 Å². The van der Waals surface area contributed by atoms with Crippen LogP contribution in [0.5, 0.6) is 0 Å². The summed E-state index contributed by atoms with van der Waals surface area (Å²) in [5, 5.41) is 4.40. The zero-order valence-electron chi connectivity index (χ0n) is 20.8. The monoisotopic (exact) mass is 490 g/mol. The van der Waals surface area contributed by atoms with Gasteiger partial charge in [-0.25, -0.2) is 0 Å². The maximum Gasteiger partial charge on any atom is 0.137 e. The maximum atomic E-state index is 6.28. The van der Waals surface area contributed by atoms with Crippen LogP contribution in [0.25, 0.3) is 39.3 Å². The van der Waals surface area contributed by atoms with Crippen molar-refractivity contribution in [2.45, 2.75) is 6.54 Å². The second kappa shape index (κ2) is 9.45. The largest absolute Gasteiger partial charge is 0.458 e. The van der Waals surface area contributed by atoms with Crippen LogP contribution in [0, 0.1) is 0 Å². The van der Waals surface area contributed by atoms with E-state index in [2.05, 4.69) is 144 Å². The van der Waals surface area contributed by atoms with Crippen molar-refractivity contribution < 1.29 is 4.42 Å². The highest BCUT2D eigenvalue weighted by Gasteiger charge is 2.22. The average Bonchev–Trinajstić information content (AvgIpc) is 3.38. The Kier molecular flexibility index (Phi) is 5.52. The number of rotatable bonds is 5. The summed E-state index contributed by atoms with van der Waals surface area (Å²) >= 11 is 0. The van der Waals surface area contributed by atoms with Gasteiger partial charge in [0.1, 0.15) is 11.3 Å². The molecule has 1 aliphatic heterocycles. The van der Waals surface area contributed by atoms with Crippen LogP contribution in [-0.4, -0.2) is 0 Å². The molecule has 0 bridgehead atoms. The van der Waals surface area contributed by atoms with Gasteiger partial charge in [-0.2, -0.15) is 0 Å². The number of anilines is 3. The van der Waals surface area contributed by atoms with Crippen molar-refractivity contribution in [1.82, 2.24) is 5.32 Å². The van der Waals surface area contributed by atoms with Gasteiger partial charge in [-0.05, 0) is 70.9 Å². The van der Waals surface area contributed by atoms with Crippen molar-refractivity contribution in [1.29, 1.82) is 0 Å². The molecule has 1 aliphatic rings. The third kappa shape index (κ3) is 3.95. The van der Waals surface area contributed by atoms with Gasteiger partial charge in [0.25, 0.3) is 0 Å². The molecular formula is C35H26N2O. The van der Waals surface area contributed by atoms with Crippen LogP contribution in [0.15, 0.2) is 138 Å². The van der Waals surface area contributed by atoms with E-state index in [0.717, 1.165) is 39.4 Å². The Balaban J connectivity index is 1.42. The molecule has 7 rings (SSSR count). The smallest absolute Gasteiger partial charge is 0.137 e. The third-order valence-corrected chi connectivity index (χ3v) is 7.12. The van der Waals surface area contributed by atoms with E-state index in [4.69, 9.17) is 4.42 Å². The molecule has 5 aromatic carbocycles. The topological polar surface area (TPSA) is 28.4 Å². The lowest BCUT2D eigenvalue weighted by molar-refractivity contribution is 0.532. The van der Waals surface area contributed by atoms with Crippen molar-refractivity contribution in [2.24, 2.45) is 0 Å². The summed E-state index contributed by atoms with van der Waals surface area (Å²) < 4.78 is 6.28. The Bertz CT molecular complexity index is 1750. The molecule has 0 spiro atoms. The SMILES string of the molecule is C1=Cc2c(oc3cccc(N(c4ccc(-c5ccccc5)cc4)c4cccc(-c5ccccc5)c4)c23)CN1. The van der Waals surface area contributed by atoms with Crippen molar-refractivity contribution in [3.05, 3.63) is 145 Å². The molecule has 0 aliphatic carbocycles. The first-order chi connectivity index (χ1) is 18.8. The second-order valence-electron chi connectivity index (χ2n) is 9.47. The molecule has 0 unspecified atom stereocenters. The van der Waals surface area contributed by atoms with Gasteiger partial charge in [-0.3, -0.25) is 0 Å². The van der Waals surface area contributed by atoms with E-state index >= 15 is 0 Å². The highest BCUT2D eigenvalue weighted by Crippen LogP contribution is 2.43. The Hall–Kier alpha value is -5.02. The van der Waals surface area contributed by atoms with E-state index in [0.29, 0.717) is 6.54 Å². The lowest BCUT2D eigenvalue weighted by Crippen LogP contribution is -2.11. The number of benzene rings is 5. The van der Waals surface area contributed by atoms with Crippen molar-refractivity contribution in [3.63, 3.8) is 0 Å². The molecule has 1 aromatic heterocycles. The van der Waals surface area contributed by atoms with Crippen molar-refractivity contribution >= 4 is 34.1 Å². The zero-order valence-corrected chi connectivity index (χ0v) is 20.8. The van der Waals surface area contributed by atoms with Crippen molar-refractivity contribution in [3.8, 4) is 22.3 Å². The minimum absolute atomic E-state index is 0.690. The molecule has 0 atom stereocenters. The van der Waals surface area contributed by atoms with Gasteiger partial charge in [0.05, 0.1) is 17.6 Å². The number of nitrogens with zero attached hydrogens (tertiary/aromatic N) is 1. The summed E-state index contributed by atoms with van der Waals surface area (Å²) in [5.74, 6) is 0.965. The first kappa shape index (κ1) is 22.2. The molecule has 38 heavy (non-hydrogen) atoms. The highest BCUT2D eigenvalue weighted by molar-refractivity contribution is 6.03. The van der Waals surface area contributed by atoms with E-state index in [1.807, 2.05) is 6.20 Å². The van der Waals surface area contributed by atoms with E-state index in [1.165, 1.54) is 22.3 Å². The van der Waals surface area contributed by atoms with Gasteiger partial charge in [-0.1, -0.05) is 91.0 Å². The van der Waals surface area contributed by atoms with Crippen LogP contribution in [0.3, 0.4) is 0 Å². The van der Waals surface area contributed by atoms with E-state index in [1.54, 1.807) is 0 Å². The van der Waals surface area contributed by atoms with Gasteiger partial charge >= 0.3 is 0 Å². The first-order valence-electron chi connectivity index (χ1n) is 12.9. The van der Waals surface area contributed by atoms with Crippen LogP contribution >= 0.6 is 0 Å². The van der Waals surface area contributed by atoms with Gasteiger partial charge in [-0.15, -0.1) is 0 Å². The summed E-state index contributed by atoms with van der Waals surface area (Å²) in [6.07, 6.45) is 4.12. The molecule has 0 fully saturated rings. The number of fused-ring (bicyclic) bond motifs is 3. The highest BCUT2D eigenvalue weighted by atomic mass is 16.3. The minimum atomic E-state index is 0.690. The minimum Gasteiger partial charge on any atom is -0.458 e. The zero-order chi connectivity index (χ0) is 25.3. The Morgan fingerprint density at radius 3 is 2.00 bits per heavy atom.